The minimum atomic E-state index is -1.50. The fraction of sp³-hybridized carbons (Fsp3) is 0.0667. The number of benzene rings is 2. The summed E-state index contributed by atoms with van der Waals surface area (Å²) in [5.74, 6) is -4.24. The Morgan fingerprint density at radius 2 is 1.77 bits per heavy atom. The van der Waals surface area contributed by atoms with Crippen molar-refractivity contribution in [1.29, 1.82) is 0 Å². The zero-order chi connectivity index (χ0) is 16.1. The molecule has 0 fully saturated rings. The van der Waals surface area contributed by atoms with Gasteiger partial charge in [0, 0.05) is 0 Å². The second-order valence-corrected chi connectivity index (χ2v) is 4.28. The van der Waals surface area contributed by atoms with E-state index in [4.69, 9.17) is 9.84 Å². The number of carboxylic acids is 1. The lowest BCUT2D eigenvalue weighted by atomic mass is 10.1. The predicted octanol–water partition coefficient (Wildman–Crippen LogP) is 3.41. The van der Waals surface area contributed by atoms with Crippen LogP contribution in [-0.2, 0) is 11.3 Å². The third-order valence-electron chi connectivity index (χ3n) is 2.77. The van der Waals surface area contributed by atoms with Gasteiger partial charge in [0.25, 0.3) is 0 Å². The van der Waals surface area contributed by atoms with Crippen molar-refractivity contribution in [2.45, 2.75) is 6.61 Å². The van der Waals surface area contributed by atoms with Gasteiger partial charge in [0.05, 0.1) is 11.3 Å². The van der Waals surface area contributed by atoms with E-state index >= 15 is 0 Å². The first-order chi connectivity index (χ1) is 10.5. The first kappa shape index (κ1) is 15.4. The highest BCUT2D eigenvalue weighted by atomic mass is 19.2. The predicted molar refractivity (Wildman–Crippen MR) is 73.6 cm³/mol. The molecule has 0 saturated carbocycles. The number of ether oxygens (including phenoxy) is 1. The molecule has 114 valence electrons. The third kappa shape index (κ3) is 3.57. The largest absolute Gasteiger partial charge is 0.478 e. The van der Waals surface area contributed by atoms with Gasteiger partial charge in [-0.05, 0) is 17.7 Å². The normalized spacial score (nSPS) is 10.1. The Morgan fingerprint density at radius 1 is 1.09 bits per heavy atom. The molecule has 0 atom stereocenters. The van der Waals surface area contributed by atoms with Crippen molar-refractivity contribution in [3.63, 3.8) is 0 Å². The molecule has 7 heteroatoms. The summed E-state index contributed by atoms with van der Waals surface area (Å²) in [6, 6.07) is 10.2. The molecule has 0 spiro atoms. The van der Waals surface area contributed by atoms with Crippen molar-refractivity contribution in [2.24, 2.45) is 0 Å². The van der Waals surface area contributed by atoms with Gasteiger partial charge < -0.3 is 9.84 Å². The topological polar surface area (TPSA) is 75.6 Å². The maximum Gasteiger partial charge on any atom is 0.412 e. The molecule has 1 amide bonds. The molecule has 0 aliphatic carbocycles. The molecule has 2 rings (SSSR count). The number of halogens is 2. The van der Waals surface area contributed by atoms with Crippen molar-refractivity contribution in [1.82, 2.24) is 0 Å². The van der Waals surface area contributed by atoms with Crippen LogP contribution in [0, 0.1) is 11.6 Å². The highest BCUT2D eigenvalue weighted by Crippen LogP contribution is 2.23. The van der Waals surface area contributed by atoms with Crippen molar-refractivity contribution in [2.75, 3.05) is 5.32 Å². The van der Waals surface area contributed by atoms with Crippen molar-refractivity contribution < 1.29 is 28.2 Å². The Hall–Kier alpha value is -2.96. The first-order valence-electron chi connectivity index (χ1n) is 6.18. The number of rotatable bonds is 4. The second-order valence-electron chi connectivity index (χ2n) is 4.28. The van der Waals surface area contributed by atoms with E-state index in [1.54, 1.807) is 30.3 Å². The minimum Gasteiger partial charge on any atom is -0.478 e. The number of anilines is 1. The van der Waals surface area contributed by atoms with Crippen molar-refractivity contribution in [3.05, 3.63) is 65.2 Å². The Labute approximate surface area is 124 Å². The maximum atomic E-state index is 13.6. The Kier molecular flexibility index (Phi) is 4.67. The molecule has 2 N–H and O–H groups in total. The smallest absolute Gasteiger partial charge is 0.412 e. The molecule has 0 aliphatic heterocycles. The number of carbonyl (C=O) groups is 2. The lowest BCUT2D eigenvalue weighted by Gasteiger charge is -2.10. The SMILES string of the molecule is O=C(Nc1c(C(=O)O)ccc(F)c1F)OCc1ccccc1. The molecule has 2 aromatic carbocycles. The van der Waals surface area contributed by atoms with Gasteiger partial charge in [0.1, 0.15) is 6.61 Å². The molecular formula is C15H11F2NO4. The van der Waals surface area contributed by atoms with Gasteiger partial charge in [-0.25, -0.2) is 18.4 Å². The number of amides is 1. The number of carbonyl (C=O) groups excluding carboxylic acids is 1. The summed E-state index contributed by atoms with van der Waals surface area (Å²) >= 11 is 0. The van der Waals surface area contributed by atoms with E-state index in [0.717, 1.165) is 6.07 Å². The van der Waals surface area contributed by atoms with E-state index < -0.39 is 34.9 Å². The second kappa shape index (κ2) is 6.66. The summed E-state index contributed by atoms with van der Waals surface area (Å²) in [6.07, 6.45) is -1.09. The van der Waals surface area contributed by atoms with Crippen LogP contribution in [0.2, 0.25) is 0 Å². The monoisotopic (exact) mass is 307 g/mol. The molecule has 22 heavy (non-hydrogen) atoms. The van der Waals surface area contributed by atoms with Crippen LogP contribution >= 0.6 is 0 Å². The minimum absolute atomic E-state index is 0.0913. The number of carboxylic acid groups (broad SMARTS) is 1. The fourth-order valence-electron chi connectivity index (χ4n) is 1.71. The van der Waals surface area contributed by atoms with Crippen LogP contribution in [0.3, 0.4) is 0 Å². The van der Waals surface area contributed by atoms with E-state index in [9.17, 15) is 18.4 Å². The number of hydrogen-bond donors (Lipinski definition) is 2. The van der Waals surface area contributed by atoms with Gasteiger partial charge in [-0.2, -0.15) is 0 Å². The summed E-state index contributed by atoms with van der Waals surface area (Å²) in [6.45, 7) is -0.0913. The van der Waals surface area contributed by atoms with Crippen LogP contribution in [0.15, 0.2) is 42.5 Å². The molecule has 0 saturated heterocycles. The van der Waals surface area contributed by atoms with E-state index in [-0.39, 0.29) is 6.61 Å². The zero-order valence-electron chi connectivity index (χ0n) is 11.2. The molecule has 2 aromatic rings. The van der Waals surface area contributed by atoms with Crippen LogP contribution in [0.5, 0.6) is 0 Å². The lowest BCUT2D eigenvalue weighted by Crippen LogP contribution is -2.18. The molecule has 0 bridgehead atoms. The maximum absolute atomic E-state index is 13.6. The van der Waals surface area contributed by atoms with Gasteiger partial charge in [0.2, 0.25) is 0 Å². The molecule has 0 radical (unpaired) electrons. The molecule has 0 heterocycles. The quantitative estimate of drug-likeness (QED) is 0.907. The van der Waals surface area contributed by atoms with Crippen LogP contribution < -0.4 is 5.32 Å². The summed E-state index contributed by atoms with van der Waals surface area (Å²) in [5, 5.41) is 10.8. The molecule has 0 unspecified atom stereocenters. The lowest BCUT2D eigenvalue weighted by molar-refractivity contribution is 0.0697. The van der Waals surface area contributed by atoms with Crippen molar-refractivity contribution >= 4 is 17.7 Å². The Morgan fingerprint density at radius 3 is 2.41 bits per heavy atom. The van der Waals surface area contributed by atoms with E-state index in [2.05, 4.69) is 0 Å². The fourth-order valence-corrected chi connectivity index (χ4v) is 1.71. The molecule has 0 aromatic heterocycles. The van der Waals surface area contributed by atoms with Gasteiger partial charge in [0.15, 0.2) is 11.6 Å². The molecule has 0 aliphatic rings. The summed E-state index contributed by atoms with van der Waals surface area (Å²) in [7, 11) is 0. The van der Waals surface area contributed by atoms with Crippen LogP contribution in [-0.4, -0.2) is 17.2 Å². The standard InChI is InChI=1S/C15H11F2NO4/c16-11-7-6-10(14(19)20)13(12(11)17)18-15(21)22-8-9-4-2-1-3-5-9/h1-7H,8H2,(H,18,21)(H,19,20). The molecular weight excluding hydrogens is 296 g/mol. The van der Waals surface area contributed by atoms with E-state index in [1.165, 1.54) is 0 Å². The molecule has 5 nitrogen and oxygen atoms in total. The summed E-state index contributed by atoms with van der Waals surface area (Å²) in [5.41, 5.74) is -0.656. The average molecular weight is 307 g/mol. The Bertz CT molecular complexity index is 704. The first-order valence-corrected chi connectivity index (χ1v) is 6.18. The van der Waals surface area contributed by atoms with Crippen LogP contribution in [0.25, 0.3) is 0 Å². The summed E-state index contributed by atoms with van der Waals surface area (Å²) < 4.78 is 31.6. The third-order valence-corrected chi connectivity index (χ3v) is 2.77. The van der Waals surface area contributed by atoms with Gasteiger partial charge >= 0.3 is 12.1 Å². The van der Waals surface area contributed by atoms with Crippen LogP contribution in [0.1, 0.15) is 15.9 Å². The highest BCUT2D eigenvalue weighted by molar-refractivity contribution is 5.98. The van der Waals surface area contributed by atoms with E-state index in [1.807, 2.05) is 5.32 Å². The Balaban J connectivity index is 2.11. The van der Waals surface area contributed by atoms with E-state index in [0.29, 0.717) is 11.6 Å². The van der Waals surface area contributed by atoms with Gasteiger partial charge in [-0.15, -0.1) is 0 Å². The highest BCUT2D eigenvalue weighted by Gasteiger charge is 2.20. The van der Waals surface area contributed by atoms with Crippen LogP contribution in [0.4, 0.5) is 19.3 Å². The average Bonchev–Trinajstić information content (AvgIpc) is 2.50. The summed E-state index contributed by atoms with van der Waals surface area (Å²) in [4.78, 5) is 22.6. The number of nitrogens with one attached hydrogen (secondary N) is 1. The zero-order valence-corrected chi connectivity index (χ0v) is 11.2. The number of hydrogen-bond acceptors (Lipinski definition) is 3. The van der Waals surface area contributed by atoms with Gasteiger partial charge in [-0.1, -0.05) is 30.3 Å². The number of aromatic carboxylic acids is 1. The van der Waals surface area contributed by atoms with Crippen molar-refractivity contribution in [3.8, 4) is 0 Å². The van der Waals surface area contributed by atoms with Gasteiger partial charge in [-0.3, -0.25) is 5.32 Å².